The van der Waals surface area contributed by atoms with Crippen LogP contribution in [-0.2, 0) is 16.1 Å². The Bertz CT molecular complexity index is 1420. The molecule has 1 fully saturated rings. The van der Waals surface area contributed by atoms with Crippen molar-refractivity contribution in [1.82, 2.24) is 9.55 Å². The van der Waals surface area contributed by atoms with E-state index in [-0.39, 0.29) is 23.9 Å². The molecule has 5 rings (SSSR count). The molecule has 3 heterocycles. The van der Waals surface area contributed by atoms with E-state index >= 15 is 0 Å². The molecule has 0 bridgehead atoms. The topological polar surface area (TPSA) is 84.3 Å². The van der Waals surface area contributed by atoms with Crippen molar-refractivity contribution in [3.8, 4) is 10.4 Å². The molecule has 1 aliphatic rings. The van der Waals surface area contributed by atoms with Crippen LogP contribution < -0.4 is 15.8 Å². The van der Waals surface area contributed by atoms with E-state index in [2.05, 4.69) is 10.3 Å². The Morgan fingerprint density at radius 1 is 1.09 bits per heavy atom. The van der Waals surface area contributed by atoms with Crippen molar-refractivity contribution >= 4 is 44.7 Å². The van der Waals surface area contributed by atoms with Crippen molar-refractivity contribution < 1.29 is 9.59 Å². The summed E-state index contributed by atoms with van der Waals surface area (Å²) in [6, 6.07) is 17.1. The number of carbonyl (C=O) groups is 2. The zero-order valence-electron chi connectivity index (χ0n) is 18.1. The molecule has 1 N–H and O–H groups in total. The van der Waals surface area contributed by atoms with Gasteiger partial charge in [-0.2, -0.15) is 0 Å². The Morgan fingerprint density at radius 2 is 1.85 bits per heavy atom. The summed E-state index contributed by atoms with van der Waals surface area (Å²) in [6.45, 7) is 2.38. The molecule has 4 aromatic rings. The minimum Gasteiger partial charge on any atom is -0.323 e. The lowest BCUT2D eigenvalue weighted by Gasteiger charge is -2.20. The monoisotopic (exact) mass is 458 g/mol. The summed E-state index contributed by atoms with van der Waals surface area (Å²) in [5, 5.41) is 3.40. The van der Waals surface area contributed by atoms with Crippen molar-refractivity contribution in [2.75, 3.05) is 16.8 Å². The van der Waals surface area contributed by atoms with Gasteiger partial charge in [-0.25, -0.2) is 4.98 Å². The van der Waals surface area contributed by atoms with Gasteiger partial charge in [0.25, 0.3) is 5.56 Å². The number of rotatable bonds is 5. The van der Waals surface area contributed by atoms with Gasteiger partial charge in [-0.05, 0) is 36.6 Å². The van der Waals surface area contributed by atoms with Gasteiger partial charge >= 0.3 is 0 Å². The Hall–Kier alpha value is -3.78. The van der Waals surface area contributed by atoms with E-state index < -0.39 is 0 Å². The van der Waals surface area contributed by atoms with E-state index in [1.54, 1.807) is 17.0 Å². The highest BCUT2D eigenvalue weighted by molar-refractivity contribution is 7.22. The second-order valence-electron chi connectivity index (χ2n) is 7.99. The Kier molecular flexibility index (Phi) is 5.51. The van der Waals surface area contributed by atoms with Gasteiger partial charge < -0.3 is 10.2 Å². The fourth-order valence-electron chi connectivity index (χ4n) is 4.20. The average molecular weight is 459 g/mol. The summed E-state index contributed by atoms with van der Waals surface area (Å²) in [5.41, 5.74) is 2.89. The SMILES string of the molecule is Cc1c(-c2ccccc2)sc2ncn(CC(=O)Nc3ccccc3N3CCCC3=O)c(=O)c12. The number of anilines is 2. The first kappa shape index (κ1) is 21.1. The van der Waals surface area contributed by atoms with Crippen LogP contribution in [0.5, 0.6) is 0 Å². The number of aryl methyl sites for hydroxylation is 1. The number of carbonyl (C=O) groups excluding carboxylic acids is 2. The smallest absolute Gasteiger partial charge is 0.262 e. The maximum atomic E-state index is 13.2. The Morgan fingerprint density at radius 3 is 2.61 bits per heavy atom. The molecular weight excluding hydrogens is 436 g/mol. The number of nitrogens with one attached hydrogen (secondary N) is 1. The molecular formula is C25H22N4O3S. The predicted molar refractivity (Wildman–Crippen MR) is 131 cm³/mol. The molecule has 0 unspecified atom stereocenters. The molecule has 8 heteroatoms. The normalized spacial score (nSPS) is 13.6. The maximum Gasteiger partial charge on any atom is 0.262 e. The highest BCUT2D eigenvalue weighted by atomic mass is 32.1. The van der Waals surface area contributed by atoms with Gasteiger partial charge in [0, 0.05) is 17.8 Å². The second-order valence-corrected chi connectivity index (χ2v) is 8.99. The molecule has 0 spiro atoms. The third kappa shape index (κ3) is 3.93. The second kappa shape index (κ2) is 8.63. The highest BCUT2D eigenvalue weighted by Crippen LogP contribution is 2.35. The third-order valence-corrected chi connectivity index (χ3v) is 7.06. The minimum absolute atomic E-state index is 0.0460. The van der Waals surface area contributed by atoms with Gasteiger partial charge in [-0.1, -0.05) is 42.5 Å². The fourth-order valence-corrected chi connectivity index (χ4v) is 5.34. The first-order valence-corrected chi connectivity index (χ1v) is 11.6. The van der Waals surface area contributed by atoms with Crippen LogP contribution in [0.25, 0.3) is 20.7 Å². The summed E-state index contributed by atoms with van der Waals surface area (Å²) < 4.78 is 1.33. The first-order valence-electron chi connectivity index (χ1n) is 10.8. The molecule has 2 aromatic carbocycles. The number of aromatic nitrogens is 2. The van der Waals surface area contributed by atoms with E-state index in [4.69, 9.17) is 0 Å². The van der Waals surface area contributed by atoms with Crippen LogP contribution in [0.3, 0.4) is 0 Å². The van der Waals surface area contributed by atoms with Gasteiger partial charge in [0.2, 0.25) is 11.8 Å². The van der Waals surface area contributed by atoms with Crippen molar-refractivity contribution in [2.24, 2.45) is 0 Å². The van der Waals surface area contributed by atoms with Crippen LogP contribution in [0, 0.1) is 6.92 Å². The first-order chi connectivity index (χ1) is 16.0. The lowest BCUT2D eigenvalue weighted by molar-refractivity contribution is -0.117. The number of thiophene rings is 1. The van der Waals surface area contributed by atoms with Crippen LogP contribution in [0.4, 0.5) is 11.4 Å². The highest BCUT2D eigenvalue weighted by Gasteiger charge is 2.24. The summed E-state index contributed by atoms with van der Waals surface area (Å²) in [5.74, 6) is -0.307. The van der Waals surface area contributed by atoms with Crippen LogP contribution in [-0.4, -0.2) is 27.9 Å². The fraction of sp³-hybridized carbons (Fsp3) is 0.200. The Balaban J connectivity index is 1.42. The molecule has 2 aromatic heterocycles. The van der Waals surface area contributed by atoms with Gasteiger partial charge in [0.15, 0.2) is 0 Å². The lowest BCUT2D eigenvalue weighted by Crippen LogP contribution is -2.29. The van der Waals surface area contributed by atoms with Crippen molar-refractivity contribution in [3.63, 3.8) is 0 Å². The van der Waals surface area contributed by atoms with Crippen LogP contribution >= 0.6 is 11.3 Å². The number of hydrogen-bond acceptors (Lipinski definition) is 5. The lowest BCUT2D eigenvalue weighted by atomic mass is 10.1. The predicted octanol–water partition coefficient (Wildman–Crippen LogP) is 4.20. The van der Waals surface area contributed by atoms with E-state index in [0.29, 0.717) is 34.6 Å². The average Bonchev–Trinajstić information content (AvgIpc) is 3.40. The third-order valence-electron chi connectivity index (χ3n) is 5.81. The largest absolute Gasteiger partial charge is 0.323 e. The molecule has 0 saturated carbocycles. The molecule has 0 aliphatic carbocycles. The molecule has 2 amide bonds. The number of amides is 2. The summed E-state index contributed by atoms with van der Waals surface area (Å²) in [4.78, 5) is 46.0. The maximum absolute atomic E-state index is 13.2. The van der Waals surface area contributed by atoms with Crippen LogP contribution in [0.15, 0.2) is 65.7 Å². The molecule has 33 heavy (non-hydrogen) atoms. The molecule has 0 atom stereocenters. The zero-order valence-corrected chi connectivity index (χ0v) is 18.9. The van der Waals surface area contributed by atoms with E-state index in [1.807, 2.05) is 49.4 Å². The van der Waals surface area contributed by atoms with E-state index in [1.165, 1.54) is 22.2 Å². The summed E-state index contributed by atoms with van der Waals surface area (Å²) in [7, 11) is 0. The molecule has 1 aliphatic heterocycles. The molecule has 166 valence electrons. The quantitative estimate of drug-likeness (QED) is 0.486. The Labute approximate surface area is 194 Å². The van der Waals surface area contributed by atoms with Crippen LogP contribution in [0.2, 0.25) is 0 Å². The van der Waals surface area contributed by atoms with Gasteiger partial charge in [-0.3, -0.25) is 19.0 Å². The molecule has 7 nitrogen and oxygen atoms in total. The van der Waals surface area contributed by atoms with Crippen molar-refractivity contribution in [2.45, 2.75) is 26.3 Å². The standard InChI is InChI=1S/C25H22N4O3S/c1-16-22-24(33-23(16)17-8-3-2-4-9-17)26-15-28(25(22)32)14-20(30)27-18-10-5-6-11-19(18)29-13-7-12-21(29)31/h2-6,8-11,15H,7,12-14H2,1H3,(H,27,30). The summed E-state index contributed by atoms with van der Waals surface area (Å²) in [6.07, 6.45) is 2.73. The van der Waals surface area contributed by atoms with Crippen LogP contribution in [0.1, 0.15) is 18.4 Å². The molecule has 1 saturated heterocycles. The number of hydrogen-bond donors (Lipinski definition) is 1. The van der Waals surface area contributed by atoms with Gasteiger partial charge in [0.1, 0.15) is 11.4 Å². The van der Waals surface area contributed by atoms with E-state index in [0.717, 1.165) is 22.4 Å². The number of benzene rings is 2. The summed E-state index contributed by atoms with van der Waals surface area (Å²) >= 11 is 1.48. The number of para-hydroxylation sites is 2. The van der Waals surface area contributed by atoms with E-state index in [9.17, 15) is 14.4 Å². The molecule has 0 radical (unpaired) electrons. The van der Waals surface area contributed by atoms with Gasteiger partial charge in [0.05, 0.1) is 23.1 Å². The van der Waals surface area contributed by atoms with Crippen molar-refractivity contribution in [1.29, 1.82) is 0 Å². The number of nitrogens with zero attached hydrogens (tertiary/aromatic N) is 3. The number of fused-ring (bicyclic) bond motifs is 1. The van der Waals surface area contributed by atoms with Crippen molar-refractivity contribution in [3.05, 3.63) is 76.8 Å². The zero-order chi connectivity index (χ0) is 22.9. The minimum atomic E-state index is -0.353. The van der Waals surface area contributed by atoms with Gasteiger partial charge in [-0.15, -0.1) is 11.3 Å².